The third kappa shape index (κ3) is 3.61. The molecule has 0 saturated carbocycles. The molecule has 0 atom stereocenters. The molecule has 1 N–H and O–H groups in total. The molecule has 4 heteroatoms. The van der Waals surface area contributed by atoms with E-state index in [0.717, 1.165) is 13.0 Å². The van der Waals surface area contributed by atoms with Crippen LogP contribution in [0.15, 0.2) is 42.7 Å². The van der Waals surface area contributed by atoms with Gasteiger partial charge in [0.2, 0.25) is 0 Å². The van der Waals surface area contributed by atoms with Crippen LogP contribution in [0.3, 0.4) is 0 Å². The maximum absolute atomic E-state index is 11.2. The van der Waals surface area contributed by atoms with Gasteiger partial charge in [-0.05, 0) is 37.6 Å². The van der Waals surface area contributed by atoms with Gasteiger partial charge in [0.25, 0.3) is 0 Å². The molecule has 4 nitrogen and oxygen atoms in total. The fraction of sp³-hybridized carbons (Fsp3) is 0.267. The highest BCUT2D eigenvalue weighted by Crippen LogP contribution is 2.24. The van der Waals surface area contributed by atoms with Crippen molar-refractivity contribution in [3.63, 3.8) is 0 Å². The number of aryl methyl sites for hydroxylation is 1. The number of hydrogen-bond donors (Lipinski definition) is 1. The van der Waals surface area contributed by atoms with Crippen LogP contribution in [0.5, 0.6) is 11.5 Å². The topological polar surface area (TPSA) is 51.5 Å². The molecule has 19 heavy (non-hydrogen) atoms. The van der Waals surface area contributed by atoms with Crippen molar-refractivity contribution in [2.75, 3.05) is 6.61 Å². The summed E-state index contributed by atoms with van der Waals surface area (Å²) in [5.41, 5.74) is 0.319. The van der Waals surface area contributed by atoms with Crippen LogP contribution in [-0.4, -0.2) is 22.1 Å². The monoisotopic (exact) mass is 259 g/mol. The molecule has 1 aromatic carbocycles. The second-order valence-electron chi connectivity index (χ2n) is 4.36. The largest absolute Gasteiger partial charge is 0.507 e. The minimum absolute atomic E-state index is 0.0320. The minimum Gasteiger partial charge on any atom is -0.507 e. The zero-order valence-corrected chi connectivity index (χ0v) is 10.9. The van der Waals surface area contributed by atoms with Crippen molar-refractivity contribution in [2.24, 2.45) is 0 Å². The molecule has 2 rings (SSSR count). The van der Waals surface area contributed by atoms with Gasteiger partial charge in [0, 0.05) is 25.0 Å². The van der Waals surface area contributed by atoms with Gasteiger partial charge in [0.05, 0.1) is 12.2 Å². The number of benzene rings is 1. The van der Waals surface area contributed by atoms with E-state index < -0.39 is 0 Å². The van der Waals surface area contributed by atoms with Crippen LogP contribution >= 0.6 is 0 Å². The van der Waals surface area contributed by atoms with E-state index in [4.69, 9.17) is 4.74 Å². The van der Waals surface area contributed by atoms with Crippen LogP contribution in [0.2, 0.25) is 0 Å². The lowest BCUT2D eigenvalue weighted by Gasteiger charge is -2.08. The second-order valence-corrected chi connectivity index (χ2v) is 4.36. The van der Waals surface area contributed by atoms with Crippen LogP contribution in [-0.2, 0) is 6.54 Å². The van der Waals surface area contributed by atoms with Crippen LogP contribution < -0.4 is 4.74 Å². The van der Waals surface area contributed by atoms with Crippen molar-refractivity contribution in [3.05, 3.63) is 48.3 Å². The van der Waals surface area contributed by atoms with Crippen molar-refractivity contribution >= 4 is 5.78 Å². The van der Waals surface area contributed by atoms with Crippen LogP contribution in [0.25, 0.3) is 0 Å². The summed E-state index contributed by atoms with van der Waals surface area (Å²) in [6.07, 6.45) is 4.89. The fourth-order valence-electron chi connectivity index (χ4n) is 1.86. The lowest BCUT2D eigenvalue weighted by Crippen LogP contribution is -2.03. The van der Waals surface area contributed by atoms with Gasteiger partial charge in [-0.25, -0.2) is 0 Å². The van der Waals surface area contributed by atoms with Crippen LogP contribution in [0, 0.1) is 0 Å². The third-order valence-corrected chi connectivity index (χ3v) is 2.84. The predicted molar refractivity (Wildman–Crippen MR) is 72.7 cm³/mol. The molecule has 2 aromatic rings. The summed E-state index contributed by atoms with van der Waals surface area (Å²) in [5.74, 6) is 0.391. The maximum atomic E-state index is 11.2. The van der Waals surface area contributed by atoms with Gasteiger partial charge in [-0.1, -0.05) is 0 Å². The number of carbonyl (C=O) groups excluding carboxylic acids is 1. The Morgan fingerprint density at radius 3 is 2.68 bits per heavy atom. The SMILES string of the molecule is CC(=O)c1ccc(OCCCn2cccc2)cc1O. The summed E-state index contributed by atoms with van der Waals surface area (Å²) in [7, 11) is 0. The van der Waals surface area contributed by atoms with Gasteiger partial charge >= 0.3 is 0 Å². The molecule has 0 spiro atoms. The van der Waals surface area contributed by atoms with E-state index >= 15 is 0 Å². The summed E-state index contributed by atoms with van der Waals surface area (Å²) in [6, 6.07) is 8.73. The number of carbonyl (C=O) groups is 1. The second kappa shape index (κ2) is 6.09. The Hall–Kier alpha value is -2.23. The van der Waals surface area contributed by atoms with Gasteiger partial charge < -0.3 is 14.4 Å². The van der Waals surface area contributed by atoms with Crippen molar-refractivity contribution in [1.82, 2.24) is 4.57 Å². The third-order valence-electron chi connectivity index (χ3n) is 2.84. The molecule has 100 valence electrons. The number of ketones is 1. The number of phenolic OH excluding ortho intramolecular Hbond substituents is 1. The van der Waals surface area contributed by atoms with Crippen molar-refractivity contribution in [1.29, 1.82) is 0 Å². The first-order chi connectivity index (χ1) is 9.16. The Kier molecular flexibility index (Phi) is 4.23. The quantitative estimate of drug-likeness (QED) is 0.641. The maximum Gasteiger partial charge on any atom is 0.163 e. The van der Waals surface area contributed by atoms with Crippen LogP contribution in [0.4, 0.5) is 0 Å². The molecule has 1 aromatic heterocycles. The van der Waals surface area contributed by atoms with E-state index in [-0.39, 0.29) is 11.5 Å². The molecule has 0 unspecified atom stereocenters. The lowest BCUT2D eigenvalue weighted by molar-refractivity contribution is 0.101. The average molecular weight is 259 g/mol. The van der Waals surface area contributed by atoms with E-state index in [1.54, 1.807) is 12.1 Å². The number of phenols is 1. The molecule has 0 aliphatic heterocycles. The number of rotatable bonds is 6. The summed E-state index contributed by atoms with van der Waals surface area (Å²) in [4.78, 5) is 11.2. The molecule has 0 bridgehead atoms. The highest BCUT2D eigenvalue weighted by molar-refractivity contribution is 5.96. The molecule has 1 heterocycles. The zero-order chi connectivity index (χ0) is 13.7. The van der Waals surface area contributed by atoms with Gasteiger partial charge in [-0.3, -0.25) is 4.79 Å². The van der Waals surface area contributed by atoms with Gasteiger partial charge in [-0.2, -0.15) is 0 Å². The number of hydrogen-bond acceptors (Lipinski definition) is 3. The summed E-state index contributed by atoms with van der Waals surface area (Å²) >= 11 is 0. The van der Waals surface area contributed by atoms with Crippen molar-refractivity contribution in [2.45, 2.75) is 19.9 Å². The van der Waals surface area contributed by atoms with Crippen molar-refractivity contribution < 1.29 is 14.6 Å². The van der Waals surface area contributed by atoms with Crippen molar-refractivity contribution in [3.8, 4) is 11.5 Å². The first kappa shape index (κ1) is 13.2. The standard InChI is InChI=1S/C15H17NO3/c1-12(17)14-6-5-13(11-15(14)18)19-10-4-9-16-7-2-3-8-16/h2-3,5-8,11,18H,4,9-10H2,1H3. The molecule has 0 radical (unpaired) electrons. The lowest BCUT2D eigenvalue weighted by atomic mass is 10.1. The van der Waals surface area contributed by atoms with E-state index in [0.29, 0.717) is 17.9 Å². The van der Waals surface area contributed by atoms with Crippen LogP contribution in [0.1, 0.15) is 23.7 Å². The average Bonchev–Trinajstić information content (AvgIpc) is 2.87. The molecule has 0 aliphatic rings. The van der Waals surface area contributed by atoms with E-state index in [9.17, 15) is 9.90 Å². The highest BCUT2D eigenvalue weighted by Gasteiger charge is 2.07. The molecular weight excluding hydrogens is 242 g/mol. The number of nitrogens with zero attached hydrogens (tertiary/aromatic N) is 1. The molecule has 0 aliphatic carbocycles. The Morgan fingerprint density at radius 2 is 2.05 bits per heavy atom. The Bertz CT molecular complexity index is 547. The Morgan fingerprint density at radius 1 is 1.32 bits per heavy atom. The summed E-state index contributed by atoms with van der Waals surface area (Å²) in [5, 5.41) is 9.66. The van der Waals surface area contributed by atoms with Gasteiger partial charge in [0.15, 0.2) is 5.78 Å². The Balaban J connectivity index is 1.83. The molecular formula is C15H17NO3. The fourth-order valence-corrected chi connectivity index (χ4v) is 1.86. The molecule has 0 saturated heterocycles. The number of ether oxygens (including phenoxy) is 1. The number of aromatic hydroxyl groups is 1. The first-order valence-corrected chi connectivity index (χ1v) is 6.24. The van der Waals surface area contributed by atoms with Gasteiger partial charge in [-0.15, -0.1) is 0 Å². The smallest absolute Gasteiger partial charge is 0.163 e. The number of aromatic nitrogens is 1. The zero-order valence-electron chi connectivity index (χ0n) is 10.9. The first-order valence-electron chi connectivity index (χ1n) is 6.24. The van der Waals surface area contributed by atoms with E-state index in [1.807, 2.05) is 24.5 Å². The molecule has 0 amide bonds. The highest BCUT2D eigenvalue weighted by atomic mass is 16.5. The Labute approximate surface area is 112 Å². The van der Waals surface area contributed by atoms with E-state index in [2.05, 4.69) is 4.57 Å². The van der Waals surface area contributed by atoms with E-state index in [1.165, 1.54) is 13.0 Å². The number of Topliss-reactive ketones (excluding diaryl/α,β-unsaturated/α-hetero) is 1. The predicted octanol–water partition coefficient (Wildman–Crippen LogP) is 2.87. The summed E-state index contributed by atoms with van der Waals surface area (Å²) < 4.78 is 7.62. The molecule has 0 fully saturated rings. The summed E-state index contributed by atoms with van der Waals surface area (Å²) in [6.45, 7) is 2.88. The minimum atomic E-state index is -0.156. The van der Waals surface area contributed by atoms with Gasteiger partial charge in [0.1, 0.15) is 11.5 Å². The normalized spacial score (nSPS) is 10.4.